The van der Waals surface area contributed by atoms with E-state index in [9.17, 15) is 4.79 Å². The molecule has 5 nitrogen and oxygen atoms in total. The zero-order valence-electron chi connectivity index (χ0n) is 10.7. The summed E-state index contributed by atoms with van der Waals surface area (Å²) in [5.74, 6) is 0.452. The minimum absolute atomic E-state index is 0.00873. The maximum Gasteiger partial charge on any atom is 0.293 e. The van der Waals surface area contributed by atoms with Crippen LogP contribution in [0.2, 0.25) is 0 Å². The van der Waals surface area contributed by atoms with Crippen LogP contribution in [0, 0.1) is 0 Å². The number of nitrogens with one attached hydrogen (secondary N) is 1. The largest absolute Gasteiger partial charge is 0.376 e. The molecule has 0 amide bonds. The van der Waals surface area contributed by atoms with E-state index < -0.39 is 0 Å². The summed E-state index contributed by atoms with van der Waals surface area (Å²) in [5.41, 5.74) is -0.0976. The van der Waals surface area contributed by atoms with Crippen molar-refractivity contribution in [3.05, 3.63) is 22.7 Å². The quantitative estimate of drug-likeness (QED) is 0.860. The van der Waals surface area contributed by atoms with Crippen molar-refractivity contribution in [2.45, 2.75) is 43.7 Å². The number of ether oxygens (including phenoxy) is 1. The molecule has 1 aromatic rings. The van der Waals surface area contributed by atoms with Crippen molar-refractivity contribution in [1.29, 1.82) is 0 Å². The molecule has 0 atom stereocenters. The van der Waals surface area contributed by atoms with Crippen LogP contribution in [0.15, 0.2) is 17.2 Å². The topological polar surface area (TPSA) is 56.1 Å². The Morgan fingerprint density at radius 2 is 2.33 bits per heavy atom. The third kappa shape index (κ3) is 2.03. The lowest BCUT2D eigenvalue weighted by Gasteiger charge is -2.40. The second-order valence-corrected chi connectivity index (χ2v) is 5.31. The lowest BCUT2D eigenvalue weighted by atomic mass is 9.80. The number of methoxy groups -OCH3 is 1. The van der Waals surface area contributed by atoms with Crippen molar-refractivity contribution in [2.24, 2.45) is 0 Å². The fraction of sp³-hybridized carbons (Fsp3) is 0.692. The van der Waals surface area contributed by atoms with Crippen LogP contribution >= 0.6 is 0 Å². The third-order valence-electron chi connectivity index (χ3n) is 4.08. The van der Waals surface area contributed by atoms with Crippen molar-refractivity contribution in [2.75, 3.05) is 19.0 Å². The van der Waals surface area contributed by atoms with E-state index in [2.05, 4.69) is 10.3 Å². The van der Waals surface area contributed by atoms with Crippen molar-refractivity contribution in [1.82, 2.24) is 9.55 Å². The van der Waals surface area contributed by atoms with Gasteiger partial charge >= 0.3 is 0 Å². The number of hydrogen-bond acceptors (Lipinski definition) is 4. The first-order valence-electron chi connectivity index (χ1n) is 6.60. The zero-order chi connectivity index (χ0) is 12.6. The Morgan fingerprint density at radius 3 is 2.89 bits per heavy atom. The number of rotatable bonds is 5. The van der Waals surface area contributed by atoms with Gasteiger partial charge in [-0.15, -0.1) is 0 Å². The van der Waals surface area contributed by atoms with E-state index in [4.69, 9.17) is 4.74 Å². The fourth-order valence-corrected chi connectivity index (χ4v) is 2.46. The molecule has 1 heterocycles. The van der Waals surface area contributed by atoms with E-state index in [1.807, 2.05) is 0 Å². The molecule has 0 unspecified atom stereocenters. The molecule has 0 radical (unpaired) electrons. The van der Waals surface area contributed by atoms with Gasteiger partial charge in [-0.2, -0.15) is 0 Å². The maximum atomic E-state index is 12.2. The second kappa shape index (κ2) is 4.39. The SMILES string of the molecule is COC1(CNc2nccn(C3CC3)c2=O)CCC1. The highest BCUT2D eigenvalue weighted by molar-refractivity contribution is 5.32. The van der Waals surface area contributed by atoms with Gasteiger partial charge in [0.05, 0.1) is 5.60 Å². The summed E-state index contributed by atoms with van der Waals surface area (Å²) in [6.07, 6.45) is 8.99. The summed E-state index contributed by atoms with van der Waals surface area (Å²) in [7, 11) is 1.74. The molecule has 1 N–H and O–H groups in total. The Morgan fingerprint density at radius 1 is 1.56 bits per heavy atom. The maximum absolute atomic E-state index is 12.2. The molecule has 0 bridgehead atoms. The molecule has 0 spiro atoms. The standard InChI is InChI=1S/C13H19N3O2/c1-18-13(5-2-6-13)9-15-11-12(17)16(8-7-14-11)10-3-4-10/h7-8,10H,2-6,9H2,1H3,(H,14,15). The number of nitrogens with zero attached hydrogens (tertiary/aromatic N) is 2. The molecule has 2 aliphatic carbocycles. The summed E-state index contributed by atoms with van der Waals surface area (Å²) in [6, 6.07) is 0.390. The average Bonchev–Trinajstić information content (AvgIpc) is 3.14. The van der Waals surface area contributed by atoms with Crippen molar-refractivity contribution in [3.8, 4) is 0 Å². The van der Waals surface area contributed by atoms with E-state index in [0.29, 0.717) is 18.4 Å². The summed E-state index contributed by atoms with van der Waals surface area (Å²) < 4.78 is 7.31. The number of aromatic nitrogens is 2. The van der Waals surface area contributed by atoms with E-state index in [1.54, 1.807) is 24.1 Å². The van der Waals surface area contributed by atoms with Crippen molar-refractivity contribution in [3.63, 3.8) is 0 Å². The third-order valence-corrected chi connectivity index (χ3v) is 4.08. The smallest absolute Gasteiger partial charge is 0.293 e. The molecule has 18 heavy (non-hydrogen) atoms. The van der Waals surface area contributed by atoms with Crippen LogP contribution in [-0.4, -0.2) is 28.8 Å². The first-order chi connectivity index (χ1) is 8.74. The van der Waals surface area contributed by atoms with Crippen LogP contribution < -0.4 is 10.9 Å². The zero-order valence-corrected chi connectivity index (χ0v) is 10.7. The van der Waals surface area contributed by atoms with Crippen LogP contribution in [0.4, 0.5) is 5.82 Å². The van der Waals surface area contributed by atoms with Gasteiger partial charge in [-0.3, -0.25) is 4.79 Å². The van der Waals surface area contributed by atoms with Gasteiger partial charge in [-0.05, 0) is 32.1 Å². The normalized spacial score (nSPS) is 21.4. The molecule has 0 aliphatic heterocycles. The monoisotopic (exact) mass is 249 g/mol. The highest BCUT2D eigenvalue weighted by Gasteiger charge is 2.37. The molecular formula is C13H19N3O2. The van der Waals surface area contributed by atoms with Gasteiger partial charge in [0.1, 0.15) is 0 Å². The van der Waals surface area contributed by atoms with Crippen LogP contribution in [0.3, 0.4) is 0 Å². The first-order valence-corrected chi connectivity index (χ1v) is 6.60. The molecule has 2 saturated carbocycles. The molecular weight excluding hydrogens is 230 g/mol. The molecule has 3 rings (SSSR count). The van der Waals surface area contributed by atoms with Gasteiger partial charge in [0.2, 0.25) is 0 Å². The average molecular weight is 249 g/mol. The lowest BCUT2D eigenvalue weighted by molar-refractivity contribution is -0.0601. The van der Waals surface area contributed by atoms with Gasteiger partial charge in [-0.25, -0.2) is 4.98 Å². The minimum Gasteiger partial charge on any atom is -0.376 e. The van der Waals surface area contributed by atoms with Crippen LogP contribution in [0.1, 0.15) is 38.1 Å². The molecule has 0 saturated heterocycles. The molecule has 1 aromatic heterocycles. The summed E-state index contributed by atoms with van der Waals surface area (Å²) in [6.45, 7) is 0.667. The minimum atomic E-state index is -0.0889. The second-order valence-electron chi connectivity index (χ2n) is 5.31. The summed E-state index contributed by atoms with van der Waals surface area (Å²) in [4.78, 5) is 16.3. The lowest BCUT2D eigenvalue weighted by Crippen LogP contribution is -2.46. The summed E-state index contributed by atoms with van der Waals surface area (Å²) >= 11 is 0. The van der Waals surface area contributed by atoms with E-state index in [-0.39, 0.29) is 11.2 Å². The highest BCUT2D eigenvalue weighted by Crippen LogP contribution is 2.35. The van der Waals surface area contributed by atoms with E-state index in [1.165, 1.54) is 6.42 Å². The molecule has 0 aromatic carbocycles. The van der Waals surface area contributed by atoms with Crippen LogP contribution in [0.5, 0.6) is 0 Å². The van der Waals surface area contributed by atoms with Gasteiger partial charge in [-0.1, -0.05) is 0 Å². The fourth-order valence-electron chi connectivity index (χ4n) is 2.46. The summed E-state index contributed by atoms with van der Waals surface area (Å²) in [5, 5.41) is 3.16. The Kier molecular flexibility index (Phi) is 2.86. The van der Waals surface area contributed by atoms with Gasteiger partial charge in [0, 0.05) is 32.1 Å². The predicted octanol–water partition coefficient (Wildman–Crippen LogP) is 1.56. The van der Waals surface area contributed by atoms with Crippen molar-refractivity contribution < 1.29 is 4.74 Å². The molecule has 5 heteroatoms. The van der Waals surface area contributed by atoms with Crippen molar-refractivity contribution >= 4 is 5.82 Å². The predicted molar refractivity (Wildman–Crippen MR) is 68.8 cm³/mol. The van der Waals surface area contributed by atoms with Gasteiger partial charge in [0.15, 0.2) is 5.82 Å². The molecule has 98 valence electrons. The number of anilines is 1. The van der Waals surface area contributed by atoms with Crippen LogP contribution in [-0.2, 0) is 4.74 Å². The molecule has 2 fully saturated rings. The van der Waals surface area contributed by atoms with Crippen LogP contribution in [0.25, 0.3) is 0 Å². The van der Waals surface area contributed by atoms with E-state index >= 15 is 0 Å². The first kappa shape index (κ1) is 11.7. The Bertz CT molecular complexity index is 484. The Balaban J connectivity index is 1.72. The van der Waals surface area contributed by atoms with Gasteiger partial charge < -0.3 is 14.6 Å². The highest BCUT2D eigenvalue weighted by atomic mass is 16.5. The number of hydrogen-bond donors (Lipinski definition) is 1. The Labute approximate surface area is 106 Å². The van der Waals surface area contributed by atoms with E-state index in [0.717, 1.165) is 25.7 Å². The Hall–Kier alpha value is -1.36. The molecule has 2 aliphatic rings. The van der Waals surface area contributed by atoms with Gasteiger partial charge in [0.25, 0.3) is 5.56 Å².